The fourth-order valence-corrected chi connectivity index (χ4v) is 7.03. The maximum absolute atomic E-state index is 9.10. The van der Waals surface area contributed by atoms with Crippen LogP contribution >= 0.6 is 0 Å². The second-order valence-electron chi connectivity index (χ2n) is 13.4. The van der Waals surface area contributed by atoms with Crippen molar-refractivity contribution in [1.82, 2.24) is 9.80 Å². The van der Waals surface area contributed by atoms with Gasteiger partial charge in [0.1, 0.15) is 0 Å². The number of benzene rings is 4. The Hall–Kier alpha value is -5.52. The molecule has 54 heavy (non-hydrogen) atoms. The first-order valence-electron chi connectivity index (χ1n) is 18.5. The first-order valence-corrected chi connectivity index (χ1v) is 18.5. The summed E-state index contributed by atoms with van der Waals surface area (Å²) in [4.78, 5) is 44.4. The number of para-hydroxylation sites is 2. The minimum absolute atomic E-state index is 0.500. The predicted octanol–water partition coefficient (Wildman–Crippen LogP) is 6.63. The van der Waals surface area contributed by atoms with E-state index in [-0.39, 0.29) is 0 Å². The summed E-state index contributed by atoms with van der Waals surface area (Å²) >= 11 is 0. The topological polar surface area (TPSA) is 159 Å². The summed E-state index contributed by atoms with van der Waals surface area (Å²) in [6, 6.07) is 40.2. The van der Waals surface area contributed by atoms with Crippen molar-refractivity contribution in [2.24, 2.45) is 0 Å². The van der Waals surface area contributed by atoms with E-state index in [1.807, 2.05) is 0 Å². The number of anilines is 2. The number of aryl methyl sites for hydroxylation is 2. The molecule has 0 aromatic heterocycles. The number of carbonyl (C=O) groups is 4. The van der Waals surface area contributed by atoms with Gasteiger partial charge < -0.3 is 35.1 Å². The van der Waals surface area contributed by atoms with Crippen molar-refractivity contribution in [1.29, 1.82) is 0 Å². The maximum Gasteiger partial charge on any atom is 0.414 e. The minimum atomic E-state index is -1.82. The van der Waals surface area contributed by atoms with Crippen LogP contribution in [0.15, 0.2) is 109 Å². The van der Waals surface area contributed by atoms with E-state index in [0.29, 0.717) is 5.92 Å². The molecule has 0 radical (unpaired) electrons. The Balaban J connectivity index is 0.000000470. The van der Waals surface area contributed by atoms with Crippen molar-refractivity contribution in [2.45, 2.75) is 50.9 Å². The van der Waals surface area contributed by atoms with Gasteiger partial charge in [-0.25, -0.2) is 19.2 Å². The van der Waals surface area contributed by atoms with Crippen LogP contribution in [0.3, 0.4) is 0 Å². The van der Waals surface area contributed by atoms with Crippen LogP contribution in [0.5, 0.6) is 0 Å². The van der Waals surface area contributed by atoms with Gasteiger partial charge in [-0.2, -0.15) is 0 Å². The van der Waals surface area contributed by atoms with E-state index in [2.05, 4.69) is 124 Å². The Labute approximate surface area is 317 Å². The van der Waals surface area contributed by atoms with Crippen molar-refractivity contribution in [2.75, 3.05) is 50.7 Å². The molecule has 4 aromatic carbocycles. The van der Waals surface area contributed by atoms with E-state index < -0.39 is 23.9 Å². The van der Waals surface area contributed by atoms with Gasteiger partial charge in [-0.1, -0.05) is 103 Å². The molecule has 11 heteroatoms. The molecule has 2 aliphatic rings. The number of carboxylic acids is 4. The number of hydrogen-bond donors (Lipinski definition) is 4. The number of rotatable bonds is 12. The van der Waals surface area contributed by atoms with E-state index in [0.717, 1.165) is 19.4 Å². The molecule has 0 aliphatic carbocycles. The number of carboxylic acid groups (broad SMARTS) is 4. The fraction of sp³-hybridized carbons (Fsp3) is 0.349. The van der Waals surface area contributed by atoms with Gasteiger partial charge in [0.15, 0.2) is 0 Å². The standard InChI is InChI=1S/C39H47N3.2C2H2O4/c1-3-15-33(16-4-1)37(34-17-5-2-6-18-34)21-11-12-26-40-29-31-41(32-30-40)27-13-14-28-42-38-22-9-7-19-35(38)24-25-36-20-8-10-23-39(36)42;2*3-1(4)2(5)6/h1-10,15-20,22-23,37H,11-14,21,24-32H2;2*(H,3,4)(H,5,6). The van der Waals surface area contributed by atoms with Crippen LogP contribution in [-0.4, -0.2) is 99.9 Å². The van der Waals surface area contributed by atoms with Crippen molar-refractivity contribution >= 4 is 35.3 Å². The molecule has 2 heterocycles. The monoisotopic (exact) mass is 737 g/mol. The number of hydrogen-bond acceptors (Lipinski definition) is 7. The predicted molar refractivity (Wildman–Crippen MR) is 209 cm³/mol. The second-order valence-corrected chi connectivity index (χ2v) is 13.4. The van der Waals surface area contributed by atoms with Gasteiger partial charge in [-0.15, -0.1) is 0 Å². The molecule has 1 saturated heterocycles. The number of fused-ring (bicyclic) bond motifs is 2. The largest absolute Gasteiger partial charge is 0.473 e. The lowest BCUT2D eigenvalue weighted by Gasteiger charge is -2.35. The SMILES string of the molecule is O=C(O)C(=O)O.O=C(O)C(=O)O.c1ccc(C(CCCCN2CCN(CCCCN3c4ccccc4CCc4ccccc43)CC2)c2ccccc2)cc1. The van der Waals surface area contributed by atoms with Crippen LogP contribution in [0, 0.1) is 0 Å². The summed E-state index contributed by atoms with van der Waals surface area (Å²) in [5, 5.41) is 29.6. The Morgan fingerprint density at radius 3 is 1.22 bits per heavy atom. The Morgan fingerprint density at radius 1 is 0.463 bits per heavy atom. The summed E-state index contributed by atoms with van der Waals surface area (Å²) in [5.74, 6) is -6.80. The number of unbranched alkanes of at least 4 members (excludes halogenated alkanes) is 2. The molecule has 0 amide bonds. The van der Waals surface area contributed by atoms with Gasteiger partial charge in [-0.3, -0.25) is 0 Å². The van der Waals surface area contributed by atoms with Gasteiger partial charge in [0.2, 0.25) is 0 Å². The zero-order valence-corrected chi connectivity index (χ0v) is 30.6. The van der Waals surface area contributed by atoms with Crippen LogP contribution in [0.4, 0.5) is 11.4 Å². The second kappa shape index (κ2) is 21.9. The molecule has 11 nitrogen and oxygen atoms in total. The average molecular weight is 738 g/mol. The number of aliphatic carboxylic acids is 4. The first-order chi connectivity index (χ1) is 26.1. The normalized spacial score (nSPS) is 13.9. The van der Waals surface area contributed by atoms with Gasteiger partial charge in [0, 0.05) is 50.0 Å². The van der Waals surface area contributed by atoms with E-state index in [1.54, 1.807) is 0 Å². The van der Waals surface area contributed by atoms with Gasteiger partial charge >= 0.3 is 23.9 Å². The molecule has 0 spiro atoms. The third kappa shape index (κ3) is 13.2. The van der Waals surface area contributed by atoms with Crippen molar-refractivity contribution in [3.8, 4) is 0 Å². The third-order valence-corrected chi connectivity index (χ3v) is 9.79. The van der Waals surface area contributed by atoms with E-state index >= 15 is 0 Å². The highest BCUT2D eigenvalue weighted by Gasteiger charge is 2.21. The van der Waals surface area contributed by atoms with E-state index in [1.165, 1.54) is 105 Å². The Morgan fingerprint density at radius 2 is 0.815 bits per heavy atom. The summed E-state index contributed by atoms with van der Waals surface area (Å²) in [6.07, 6.45) is 8.55. The van der Waals surface area contributed by atoms with Crippen LogP contribution < -0.4 is 4.90 Å². The smallest absolute Gasteiger partial charge is 0.414 e. The van der Waals surface area contributed by atoms with Gasteiger partial charge in [0.05, 0.1) is 0 Å². The first kappa shape index (κ1) is 41.2. The highest BCUT2D eigenvalue weighted by molar-refractivity contribution is 6.27. The number of piperazine rings is 1. The quantitative estimate of drug-likeness (QED) is 0.0913. The molecule has 0 atom stereocenters. The molecule has 0 saturated carbocycles. The molecule has 4 N–H and O–H groups in total. The van der Waals surface area contributed by atoms with Crippen molar-refractivity contribution < 1.29 is 39.6 Å². The summed E-state index contributed by atoms with van der Waals surface area (Å²) in [7, 11) is 0. The summed E-state index contributed by atoms with van der Waals surface area (Å²) < 4.78 is 0. The lowest BCUT2D eigenvalue weighted by atomic mass is 9.87. The molecule has 1 fully saturated rings. The minimum Gasteiger partial charge on any atom is -0.473 e. The zero-order valence-electron chi connectivity index (χ0n) is 30.6. The van der Waals surface area contributed by atoms with Crippen LogP contribution in [-0.2, 0) is 32.0 Å². The van der Waals surface area contributed by atoms with Gasteiger partial charge in [0.25, 0.3) is 0 Å². The lowest BCUT2D eigenvalue weighted by Crippen LogP contribution is -2.46. The highest BCUT2D eigenvalue weighted by atomic mass is 16.4. The molecule has 286 valence electrons. The molecule has 4 aromatic rings. The third-order valence-electron chi connectivity index (χ3n) is 9.79. The van der Waals surface area contributed by atoms with Crippen molar-refractivity contribution in [3.05, 3.63) is 131 Å². The summed E-state index contributed by atoms with van der Waals surface area (Å²) in [6.45, 7) is 8.42. The lowest BCUT2D eigenvalue weighted by molar-refractivity contribution is -0.159. The van der Waals surface area contributed by atoms with Crippen LogP contribution in [0.2, 0.25) is 0 Å². The molecule has 2 aliphatic heterocycles. The van der Waals surface area contributed by atoms with Crippen LogP contribution in [0.1, 0.15) is 60.3 Å². The number of nitrogens with zero attached hydrogens (tertiary/aromatic N) is 3. The van der Waals surface area contributed by atoms with Gasteiger partial charge in [-0.05, 0) is 86.0 Å². The summed E-state index contributed by atoms with van der Waals surface area (Å²) in [5.41, 5.74) is 8.69. The van der Waals surface area contributed by atoms with E-state index in [4.69, 9.17) is 39.6 Å². The zero-order chi connectivity index (χ0) is 38.7. The average Bonchev–Trinajstić information content (AvgIpc) is 3.35. The Kier molecular flexibility index (Phi) is 16.7. The van der Waals surface area contributed by atoms with Crippen molar-refractivity contribution in [3.63, 3.8) is 0 Å². The highest BCUT2D eigenvalue weighted by Crippen LogP contribution is 2.36. The molecule has 0 bridgehead atoms. The molecular weight excluding hydrogens is 686 g/mol. The maximum atomic E-state index is 9.10. The molecule has 6 rings (SSSR count). The molecule has 0 unspecified atom stereocenters. The molecular formula is C43H51N3O8. The Bertz CT molecular complexity index is 1640. The van der Waals surface area contributed by atoms with E-state index in [9.17, 15) is 0 Å². The van der Waals surface area contributed by atoms with Crippen LogP contribution in [0.25, 0.3) is 0 Å². The fourth-order valence-electron chi connectivity index (χ4n) is 7.03.